The van der Waals surface area contributed by atoms with Gasteiger partial charge in [-0.05, 0) is 44.1 Å². The number of aromatic carboxylic acids is 1. The van der Waals surface area contributed by atoms with Crippen molar-refractivity contribution in [1.29, 1.82) is 0 Å². The minimum absolute atomic E-state index is 0.341. The predicted octanol–water partition coefficient (Wildman–Crippen LogP) is 2.63. The maximum Gasteiger partial charge on any atom is 0.336 e. The molecule has 2 heterocycles. The molecular weight excluding hydrogens is 228 g/mol. The molecule has 1 aromatic carbocycles. The van der Waals surface area contributed by atoms with Crippen LogP contribution in [-0.2, 0) is 0 Å². The highest BCUT2D eigenvalue weighted by Gasteiger charge is 2.06. The SMILES string of the molecule is C1CCNCC1.O=C(O)c1cccc2[nH]ccc12. The van der Waals surface area contributed by atoms with Crippen molar-refractivity contribution in [3.63, 3.8) is 0 Å². The molecule has 3 rings (SSSR count). The Morgan fingerprint density at radius 1 is 1.11 bits per heavy atom. The molecule has 1 saturated heterocycles. The van der Waals surface area contributed by atoms with Crippen molar-refractivity contribution in [2.24, 2.45) is 0 Å². The first-order valence-corrected chi connectivity index (χ1v) is 6.29. The van der Waals surface area contributed by atoms with E-state index in [1.54, 1.807) is 24.4 Å². The van der Waals surface area contributed by atoms with E-state index in [0.717, 1.165) is 10.9 Å². The number of carbonyl (C=O) groups is 1. The number of nitrogens with one attached hydrogen (secondary N) is 2. The van der Waals surface area contributed by atoms with Gasteiger partial charge in [-0.1, -0.05) is 12.5 Å². The molecule has 4 heteroatoms. The average molecular weight is 246 g/mol. The number of aromatic nitrogens is 1. The number of aromatic amines is 1. The lowest BCUT2D eigenvalue weighted by molar-refractivity contribution is 0.0699. The number of carboxylic acids is 1. The molecule has 96 valence electrons. The van der Waals surface area contributed by atoms with Crippen molar-refractivity contribution in [3.8, 4) is 0 Å². The van der Waals surface area contributed by atoms with E-state index < -0.39 is 5.97 Å². The Balaban J connectivity index is 0.000000169. The van der Waals surface area contributed by atoms with Crippen LogP contribution in [0.5, 0.6) is 0 Å². The van der Waals surface area contributed by atoms with Crippen LogP contribution in [0.25, 0.3) is 10.9 Å². The summed E-state index contributed by atoms with van der Waals surface area (Å²) in [7, 11) is 0. The molecule has 2 aromatic rings. The summed E-state index contributed by atoms with van der Waals surface area (Å²) in [6.45, 7) is 2.50. The third-order valence-corrected chi connectivity index (χ3v) is 3.03. The molecule has 1 aliphatic heterocycles. The van der Waals surface area contributed by atoms with Gasteiger partial charge in [-0.25, -0.2) is 4.79 Å². The molecule has 0 bridgehead atoms. The van der Waals surface area contributed by atoms with Gasteiger partial charge < -0.3 is 15.4 Å². The number of hydrogen-bond donors (Lipinski definition) is 3. The molecule has 1 fully saturated rings. The van der Waals surface area contributed by atoms with Crippen molar-refractivity contribution in [1.82, 2.24) is 10.3 Å². The second-order valence-corrected chi connectivity index (χ2v) is 4.36. The van der Waals surface area contributed by atoms with Crippen molar-refractivity contribution in [2.45, 2.75) is 19.3 Å². The van der Waals surface area contributed by atoms with E-state index >= 15 is 0 Å². The molecule has 1 aromatic heterocycles. The Labute approximate surface area is 106 Å². The zero-order chi connectivity index (χ0) is 12.8. The van der Waals surface area contributed by atoms with Crippen LogP contribution >= 0.6 is 0 Å². The molecule has 0 spiro atoms. The number of rotatable bonds is 1. The fraction of sp³-hybridized carbons (Fsp3) is 0.357. The van der Waals surface area contributed by atoms with Crippen LogP contribution in [-0.4, -0.2) is 29.1 Å². The first kappa shape index (κ1) is 12.6. The monoisotopic (exact) mass is 246 g/mol. The van der Waals surface area contributed by atoms with E-state index in [0.29, 0.717) is 5.56 Å². The topological polar surface area (TPSA) is 65.1 Å². The maximum atomic E-state index is 10.7. The summed E-state index contributed by atoms with van der Waals surface area (Å²) in [5.74, 6) is -0.889. The molecule has 3 N–H and O–H groups in total. The molecule has 18 heavy (non-hydrogen) atoms. The Bertz CT molecular complexity index is 504. The van der Waals surface area contributed by atoms with Gasteiger partial charge in [-0.2, -0.15) is 0 Å². The number of H-pyrrole nitrogens is 1. The maximum absolute atomic E-state index is 10.7. The molecular formula is C14H18N2O2. The van der Waals surface area contributed by atoms with Crippen LogP contribution in [0.15, 0.2) is 30.5 Å². The molecule has 0 unspecified atom stereocenters. The van der Waals surface area contributed by atoms with Gasteiger partial charge in [-0.15, -0.1) is 0 Å². The van der Waals surface area contributed by atoms with E-state index in [-0.39, 0.29) is 0 Å². The third-order valence-electron chi connectivity index (χ3n) is 3.03. The van der Waals surface area contributed by atoms with Crippen LogP contribution in [0.4, 0.5) is 0 Å². The number of carboxylic acid groups (broad SMARTS) is 1. The lowest BCUT2D eigenvalue weighted by Crippen LogP contribution is -2.21. The Hall–Kier alpha value is -1.81. The van der Waals surface area contributed by atoms with E-state index in [9.17, 15) is 4.79 Å². The van der Waals surface area contributed by atoms with Gasteiger partial charge in [0.2, 0.25) is 0 Å². The standard InChI is InChI=1S/C9H7NO2.C5H11N/c11-9(12)7-2-1-3-8-6(7)4-5-10-8;1-2-4-6-5-3-1/h1-5,10H,(H,11,12);6H,1-5H2. The summed E-state index contributed by atoms with van der Waals surface area (Å²) in [6, 6.07) is 6.93. The zero-order valence-corrected chi connectivity index (χ0v) is 10.3. The summed E-state index contributed by atoms with van der Waals surface area (Å²) < 4.78 is 0. The third kappa shape index (κ3) is 3.11. The summed E-state index contributed by atoms with van der Waals surface area (Å²) in [5.41, 5.74) is 1.20. The van der Waals surface area contributed by atoms with Gasteiger partial charge in [0, 0.05) is 17.1 Å². The van der Waals surface area contributed by atoms with Gasteiger partial charge in [0.1, 0.15) is 0 Å². The molecule has 0 saturated carbocycles. The van der Waals surface area contributed by atoms with Crippen molar-refractivity contribution < 1.29 is 9.90 Å². The quantitative estimate of drug-likeness (QED) is 0.724. The summed E-state index contributed by atoms with van der Waals surface area (Å²) in [6.07, 6.45) is 5.95. The van der Waals surface area contributed by atoms with Gasteiger partial charge >= 0.3 is 5.97 Å². The first-order chi connectivity index (χ1) is 8.79. The average Bonchev–Trinajstić information content (AvgIpc) is 2.89. The van der Waals surface area contributed by atoms with Crippen LogP contribution in [0.1, 0.15) is 29.6 Å². The van der Waals surface area contributed by atoms with Crippen LogP contribution < -0.4 is 5.32 Å². The van der Waals surface area contributed by atoms with Crippen molar-refractivity contribution in [3.05, 3.63) is 36.0 Å². The highest BCUT2D eigenvalue weighted by atomic mass is 16.4. The first-order valence-electron chi connectivity index (χ1n) is 6.29. The molecule has 0 aliphatic carbocycles. The second kappa shape index (κ2) is 6.21. The molecule has 0 atom stereocenters. The largest absolute Gasteiger partial charge is 0.478 e. The lowest BCUT2D eigenvalue weighted by Gasteiger charge is -2.08. The summed E-state index contributed by atoms with van der Waals surface area (Å²) in [4.78, 5) is 13.7. The Morgan fingerprint density at radius 3 is 2.44 bits per heavy atom. The van der Waals surface area contributed by atoms with E-state index in [4.69, 9.17) is 5.11 Å². The van der Waals surface area contributed by atoms with Gasteiger partial charge in [-0.3, -0.25) is 0 Å². The summed E-state index contributed by atoms with van der Waals surface area (Å²) in [5, 5.41) is 12.8. The normalized spacial score (nSPS) is 14.9. The number of piperidine rings is 1. The van der Waals surface area contributed by atoms with Crippen LogP contribution in [0.2, 0.25) is 0 Å². The van der Waals surface area contributed by atoms with Gasteiger partial charge in [0.25, 0.3) is 0 Å². The van der Waals surface area contributed by atoms with E-state index in [1.165, 1.54) is 32.4 Å². The van der Waals surface area contributed by atoms with E-state index in [2.05, 4.69) is 10.3 Å². The Morgan fingerprint density at radius 2 is 1.89 bits per heavy atom. The fourth-order valence-electron chi connectivity index (χ4n) is 2.07. The predicted molar refractivity (Wildman–Crippen MR) is 72.0 cm³/mol. The fourth-order valence-corrected chi connectivity index (χ4v) is 2.07. The number of hydrogen-bond acceptors (Lipinski definition) is 2. The summed E-state index contributed by atoms with van der Waals surface area (Å²) >= 11 is 0. The van der Waals surface area contributed by atoms with Crippen molar-refractivity contribution in [2.75, 3.05) is 13.1 Å². The highest BCUT2D eigenvalue weighted by molar-refractivity contribution is 6.02. The number of benzene rings is 1. The van der Waals surface area contributed by atoms with Crippen molar-refractivity contribution >= 4 is 16.9 Å². The lowest BCUT2D eigenvalue weighted by atomic mass is 10.1. The minimum Gasteiger partial charge on any atom is -0.478 e. The Kier molecular flexibility index (Phi) is 4.36. The van der Waals surface area contributed by atoms with Gasteiger partial charge in [0.05, 0.1) is 5.56 Å². The molecule has 0 amide bonds. The minimum atomic E-state index is -0.889. The van der Waals surface area contributed by atoms with Gasteiger partial charge in [0.15, 0.2) is 0 Å². The van der Waals surface area contributed by atoms with E-state index in [1.807, 2.05) is 6.07 Å². The zero-order valence-electron chi connectivity index (χ0n) is 10.3. The molecule has 4 nitrogen and oxygen atoms in total. The number of fused-ring (bicyclic) bond motifs is 1. The van der Waals surface area contributed by atoms with Crippen LogP contribution in [0.3, 0.4) is 0 Å². The second-order valence-electron chi connectivity index (χ2n) is 4.36. The molecule has 1 aliphatic rings. The van der Waals surface area contributed by atoms with Crippen LogP contribution in [0, 0.1) is 0 Å². The molecule has 0 radical (unpaired) electrons. The highest BCUT2D eigenvalue weighted by Crippen LogP contribution is 2.16. The smallest absolute Gasteiger partial charge is 0.336 e.